The molecule has 0 aromatic carbocycles. The van der Waals surface area contributed by atoms with Crippen molar-refractivity contribution in [3.63, 3.8) is 0 Å². The molecule has 1 rings (SSSR count). The van der Waals surface area contributed by atoms with Crippen molar-refractivity contribution in [2.45, 2.75) is 40.0 Å². The molecule has 1 aromatic heterocycles. The molecule has 16 heavy (non-hydrogen) atoms. The quantitative estimate of drug-likeness (QED) is 0.723. The highest BCUT2D eigenvalue weighted by Crippen LogP contribution is 2.20. The monoisotopic (exact) mass is 225 g/mol. The molecule has 0 aliphatic heterocycles. The molecule has 1 aromatic rings. The van der Waals surface area contributed by atoms with Gasteiger partial charge in [-0.1, -0.05) is 32.3 Å². The number of carbonyl (C=O) groups excluding carboxylic acids is 1. The van der Waals surface area contributed by atoms with Gasteiger partial charge in [-0.15, -0.1) is 0 Å². The lowest BCUT2D eigenvalue weighted by atomic mass is 10.0. The van der Waals surface area contributed by atoms with Gasteiger partial charge in [0.1, 0.15) is 5.76 Å². The van der Waals surface area contributed by atoms with Crippen LogP contribution in [0.2, 0.25) is 0 Å². The summed E-state index contributed by atoms with van der Waals surface area (Å²) in [6.45, 7) is 6.28. The number of rotatable bonds is 5. The van der Waals surface area contributed by atoms with Gasteiger partial charge < -0.3 is 9.26 Å². The van der Waals surface area contributed by atoms with Gasteiger partial charge in [-0.25, -0.2) is 4.79 Å². The van der Waals surface area contributed by atoms with Gasteiger partial charge in [0.05, 0.1) is 7.11 Å². The minimum Gasteiger partial charge on any atom is -0.464 e. The molecule has 0 spiro atoms. The summed E-state index contributed by atoms with van der Waals surface area (Å²) in [6.07, 6.45) is 2.56. The van der Waals surface area contributed by atoms with Crippen molar-refractivity contribution in [3.05, 3.63) is 17.0 Å². The van der Waals surface area contributed by atoms with Gasteiger partial charge in [0.15, 0.2) is 5.69 Å². The van der Waals surface area contributed by atoms with Crippen molar-refractivity contribution in [2.24, 2.45) is 5.92 Å². The standard InChI is InChI=1S/C12H19NO3/c1-5-6-9-10(7-8(2)3)16-13-11(9)12(14)15-4/h8H,5-7H2,1-4H3. The molecule has 0 aliphatic carbocycles. The topological polar surface area (TPSA) is 52.3 Å². The average Bonchev–Trinajstić information content (AvgIpc) is 2.61. The number of nitrogens with zero attached hydrogens (tertiary/aromatic N) is 1. The molecular weight excluding hydrogens is 206 g/mol. The molecule has 0 saturated carbocycles. The lowest BCUT2D eigenvalue weighted by Crippen LogP contribution is -2.06. The van der Waals surface area contributed by atoms with Gasteiger partial charge in [0, 0.05) is 12.0 Å². The molecule has 90 valence electrons. The van der Waals surface area contributed by atoms with Crippen LogP contribution in [0.1, 0.15) is 49.0 Å². The van der Waals surface area contributed by atoms with Gasteiger partial charge >= 0.3 is 5.97 Å². The van der Waals surface area contributed by atoms with Crippen molar-refractivity contribution in [1.29, 1.82) is 0 Å². The van der Waals surface area contributed by atoms with E-state index in [1.54, 1.807) is 0 Å². The van der Waals surface area contributed by atoms with Crippen LogP contribution in [0.15, 0.2) is 4.52 Å². The van der Waals surface area contributed by atoms with E-state index in [2.05, 4.69) is 30.7 Å². The van der Waals surface area contributed by atoms with Gasteiger partial charge in [-0.3, -0.25) is 0 Å². The summed E-state index contributed by atoms with van der Waals surface area (Å²) in [5.74, 6) is 0.883. The predicted octanol–water partition coefficient (Wildman–Crippen LogP) is 2.61. The van der Waals surface area contributed by atoms with E-state index >= 15 is 0 Å². The van der Waals surface area contributed by atoms with E-state index in [4.69, 9.17) is 4.52 Å². The first-order valence-electron chi connectivity index (χ1n) is 5.65. The minimum atomic E-state index is -0.415. The Bertz CT molecular complexity index is 355. The zero-order chi connectivity index (χ0) is 12.1. The second-order valence-electron chi connectivity index (χ2n) is 4.27. The molecule has 1 heterocycles. The summed E-state index contributed by atoms with van der Waals surface area (Å²) in [7, 11) is 1.36. The fourth-order valence-electron chi connectivity index (χ4n) is 1.64. The van der Waals surface area contributed by atoms with Gasteiger partial charge in [-0.2, -0.15) is 0 Å². The number of hydrogen-bond donors (Lipinski definition) is 0. The Morgan fingerprint density at radius 3 is 2.69 bits per heavy atom. The summed E-state index contributed by atoms with van der Waals surface area (Å²) < 4.78 is 9.91. The number of hydrogen-bond acceptors (Lipinski definition) is 4. The molecule has 0 atom stereocenters. The SMILES string of the molecule is CCCc1c(C(=O)OC)noc1CC(C)C. The number of ether oxygens (including phenoxy) is 1. The van der Waals surface area contributed by atoms with E-state index in [1.807, 2.05) is 0 Å². The van der Waals surface area contributed by atoms with E-state index in [0.717, 1.165) is 30.6 Å². The van der Waals surface area contributed by atoms with Crippen LogP contribution in [0.5, 0.6) is 0 Å². The number of methoxy groups -OCH3 is 1. The summed E-state index contributed by atoms with van der Waals surface area (Å²) in [6, 6.07) is 0. The van der Waals surface area contributed by atoms with Crippen LogP contribution < -0.4 is 0 Å². The summed E-state index contributed by atoms with van der Waals surface area (Å²) >= 11 is 0. The van der Waals surface area contributed by atoms with Crippen LogP contribution in [0.4, 0.5) is 0 Å². The first kappa shape index (κ1) is 12.7. The zero-order valence-corrected chi connectivity index (χ0v) is 10.4. The maximum atomic E-state index is 11.5. The third-order valence-corrected chi connectivity index (χ3v) is 2.34. The highest BCUT2D eigenvalue weighted by Gasteiger charge is 2.21. The molecule has 0 bridgehead atoms. The normalized spacial score (nSPS) is 10.8. The van der Waals surface area contributed by atoms with Gasteiger partial charge in [0.2, 0.25) is 0 Å². The maximum Gasteiger partial charge on any atom is 0.360 e. The number of aromatic nitrogens is 1. The van der Waals surface area contributed by atoms with Crippen LogP contribution in [0.3, 0.4) is 0 Å². The van der Waals surface area contributed by atoms with Crippen LogP contribution in [-0.2, 0) is 17.6 Å². The Labute approximate surface area is 96.0 Å². The second kappa shape index (κ2) is 5.68. The first-order chi connectivity index (χ1) is 7.60. The van der Waals surface area contributed by atoms with Crippen LogP contribution >= 0.6 is 0 Å². The molecule has 0 aliphatic rings. The molecule has 4 heteroatoms. The predicted molar refractivity (Wildman–Crippen MR) is 60.4 cm³/mol. The van der Waals surface area contributed by atoms with Crippen LogP contribution in [0.25, 0.3) is 0 Å². The van der Waals surface area contributed by atoms with E-state index in [0.29, 0.717) is 11.6 Å². The smallest absolute Gasteiger partial charge is 0.360 e. The molecule has 4 nitrogen and oxygen atoms in total. The van der Waals surface area contributed by atoms with E-state index in [1.165, 1.54) is 7.11 Å². The lowest BCUT2D eigenvalue weighted by molar-refractivity contribution is 0.0588. The molecule has 0 radical (unpaired) electrons. The highest BCUT2D eigenvalue weighted by molar-refractivity contribution is 5.88. The Morgan fingerprint density at radius 1 is 1.50 bits per heavy atom. The molecule has 0 unspecified atom stereocenters. The molecule has 0 N–H and O–H groups in total. The van der Waals surface area contributed by atoms with Gasteiger partial charge in [0.25, 0.3) is 0 Å². The number of carbonyl (C=O) groups is 1. The van der Waals surface area contributed by atoms with E-state index in [-0.39, 0.29) is 0 Å². The molecular formula is C12H19NO3. The van der Waals surface area contributed by atoms with Crippen molar-refractivity contribution in [1.82, 2.24) is 5.16 Å². The third-order valence-electron chi connectivity index (χ3n) is 2.34. The van der Waals surface area contributed by atoms with E-state index < -0.39 is 5.97 Å². The average molecular weight is 225 g/mol. The fourth-order valence-corrected chi connectivity index (χ4v) is 1.64. The molecule has 0 amide bonds. The molecule has 0 saturated heterocycles. The molecule has 0 fully saturated rings. The Morgan fingerprint density at radius 2 is 2.19 bits per heavy atom. The fraction of sp³-hybridized carbons (Fsp3) is 0.667. The van der Waals surface area contributed by atoms with Crippen molar-refractivity contribution >= 4 is 5.97 Å². The van der Waals surface area contributed by atoms with Crippen LogP contribution in [-0.4, -0.2) is 18.2 Å². The zero-order valence-electron chi connectivity index (χ0n) is 10.4. The van der Waals surface area contributed by atoms with Crippen molar-refractivity contribution in [2.75, 3.05) is 7.11 Å². The largest absolute Gasteiger partial charge is 0.464 e. The second-order valence-corrected chi connectivity index (χ2v) is 4.27. The Balaban J connectivity index is 3.01. The first-order valence-corrected chi connectivity index (χ1v) is 5.65. The Hall–Kier alpha value is -1.32. The summed E-state index contributed by atoms with van der Waals surface area (Å²) in [4.78, 5) is 11.5. The highest BCUT2D eigenvalue weighted by atomic mass is 16.5. The van der Waals surface area contributed by atoms with Crippen LogP contribution in [0, 0.1) is 5.92 Å². The minimum absolute atomic E-state index is 0.333. The van der Waals surface area contributed by atoms with Gasteiger partial charge in [-0.05, 0) is 12.3 Å². The Kier molecular flexibility index (Phi) is 4.52. The van der Waals surface area contributed by atoms with Crippen molar-refractivity contribution in [3.8, 4) is 0 Å². The third kappa shape index (κ3) is 2.84. The van der Waals surface area contributed by atoms with E-state index in [9.17, 15) is 4.79 Å². The van der Waals surface area contributed by atoms with Crippen molar-refractivity contribution < 1.29 is 14.1 Å². The number of esters is 1. The maximum absolute atomic E-state index is 11.5. The lowest BCUT2D eigenvalue weighted by Gasteiger charge is -2.03. The summed E-state index contributed by atoms with van der Waals surface area (Å²) in [5.41, 5.74) is 1.24. The summed E-state index contributed by atoms with van der Waals surface area (Å²) in [5, 5.41) is 3.81.